The van der Waals surface area contributed by atoms with E-state index in [-0.39, 0.29) is 5.92 Å². The van der Waals surface area contributed by atoms with Crippen LogP contribution in [0.5, 0.6) is 0 Å². The summed E-state index contributed by atoms with van der Waals surface area (Å²) < 4.78 is 0. The van der Waals surface area contributed by atoms with Gasteiger partial charge in [-0.2, -0.15) is 0 Å². The maximum Gasteiger partial charge on any atom is 0.0940 e. The smallest absolute Gasteiger partial charge is 0.0940 e. The van der Waals surface area contributed by atoms with Crippen LogP contribution in [-0.4, -0.2) is 16.6 Å². The first-order valence-corrected chi connectivity index (χ1v) is 5.73. The lowest BCUT2D eigenvalue weighted by atomic mass is 9.98. The van der Waals surface area contributed by atoms with E-state index in [2.05, 4.69) is 4.98 Å². The number of nitrogens with zero attached hydrogens (tertiary/aromatic N) is 1. The molecule has 0 aliphatic heterocycles. The largest absolute Gasteiger partial charge is 0.387 e. The zero-order chi connectivity index (χ0) is 10.7. The van der Waals surface area contributed by atoms with Gasteiger partial charge in [0.1, 0.15) is 0 Å². The van der Waals surface area contributed by atoms with Gasteiger partial charge in [-0.1, -0.05) is 6.92 Å². The van der Waals surface area contributed by atoms with Gasteiger partial charge in [0.05, 0.1) is 21.7 Å². The Morgan fingerprint density at radius 2 is 2.14 bits per heavy atom. The molecule has 80 valence electrons. The van der Waals surface area contributed by atoms with Gasteiger partial charge in [0.2, 0.25) is 0 Å². The normalized spacial score (nSPS) is 15.5. The van der Waals surface area contributed by atoms with Gasteiger partial charge in [0.25, 0.3) is 0 Å². The second-order valence-corrected chi connectivity index (χ2v) is 4.77. The van der Waals surface area contributed by atoms with Crippen molar-refractivity contribution in [2.45, 2.75) is 33.3 Å². The monoisotopic (exact) mass is 214 g/mol. The van der Waals surface area contributed by atoms with Crippen LogP contribution in [0.4, 0.5) is 0 Å². The minimum absolute atomic E-state index is 0.147. The first-order chi connectivity index (χ1) is 6.60. The van der Waals surface area contributed by atoms with Gasteiger partial charge in [-0.15, -0.1) is 11.3 Å². The fourth-order valence-corrected chi connectivity index (χ4v) is 2.56. The molecule has 0 amide bonds. The summed E-state index contributed by atoms with van der Waals surface area (Å²) >= 11 is 1.56. The average molecular weight is 214 g/mol. The number of aryl methyl sites for hydroxylation is 2. The van der Waals surface area contributed by atoms with Gasteiger partial charge in [-0.3, -0.25) is 0 Å². The summed E-state index contributed by atoms with van der Waals surface area (Å²) in [4.78, 5) is 5.27. The van der Waals surface area contributed by atoms with Crippen LogP contribution in [0.3, 0.4) is 0 Å². The average Bonchev–Trinajstić information content (AvgIpc) is 2.47. The Labute approximate surface area is 89.0 Å². The summed E-state index contributed by atoms with van der Waals surface area (Å²) in [6.45, 7) is 6.46. The molecule has 2 unspecified atom stereocenters. The Kier molecular flexibility index (Phi) is 4.04. The van der Waals surface area contributed by atoms with Crippen LogP contribution >= 0.6 is 11.3 Å². The molecule has 0 aromatic carbocycles. The number of hydrogen-bond acceptors (Lipinski definition) is 4. The third-order valence-corrected chi connectivity index (χ3v) is 3.63. The predicted octanol–water partition coefficient (Wildman–Crippen LogP) is 1.78. The number of aromatic nitrogens is 1. The minimum Gasteiger partial charge on any atom is -0.387 e. The van der Waals surface area contributed by atoms with Crippen LogP contribution in [0.1, 0.15) is 35.0 Å². The molecule has 0 radical (unpaired) electrons. The van der Waals surface area contributed by atoms with Gasteiger partial charge in [0, 0.05) is 5.92 Å². The molecule has 4 heteroatoms. The third kappa shape index (κ3) is 2.32. The predicted molar refractivity (Wildman–Crippen MR) is 59.4 cm³/mol. The highest BCUT2D eigenvalue weighted by Gasteiger charge is 2.21. The molecule has 0 aliphatic rings. The van der Waals surface area contributed by atoms with Crippen molar-refractivity contribution in [2.75, 3.05) is 6.54 Å². The molecule has 2 atom stereocenters. The summed E-state index contributed by atoms with van der Waals surface area (Å²) in [7, 11) is 0. The van der Waals surface area contributed by atoms with Crippen molar-refractivity contribution in [3.8, 4) is 0 Å². The van der Waals surface area contributed by atoms with Crippen LogP contribution in [0.15, 0.2) is 0 Å². The Balaban J connectivity index is 2.87. The van der Waals surface area contributed by atoms with E-state index in [0.717, 1.165) is 22.0 Å². The first-order valence-electron chi connectivity index (χ1n) is 4.92. The van der Waals surface area contributed by atoms with Crippen LogP contribution in [0, 0.1) is 19.8 Å². The molecule has 3 N–H and O–H groups in total. The minimum atomic E-state index is -0.448. The van der Waals surface area contributed by atoms with Crippen molar-refractivity contribution >= 4 is 11.3 Å². The van der Waals surface area contributed by atoms with Crippen LogP contribution in [0.25, 0.3) is 0 Å². The maximum atomic E-state index is 10.1. The highest BCUT2D eigenvalue weighted by atomic mass is 32.1. The lowest BCUT2D eigenvalue weighted by Crippen LogP contribution is -2.21. The van der Waals surface area contributed by atoms with Crippen molar-refractivity contribution in [1.29, 1.82) is 0 Å². The van der Waals surface area contributed by atoms with Crippen molar-refractivity contribution in [3.05, 3.63) is 15.6 Å². The molecule has 0 aliphatic carbocycles. The lowest BCUT2D eigenvalue weighted by molar-refractivity contribution is 0.112. The summed E-state index contributed by atoms with van der Waals surface area (Å²) in [5.41, 5.74) is 6.54. The van der Waals surface area contributed by atoms with Crippen molar-refractivity contribution in [2.24, 2.45) is 11.7 Å². The number of aliphatic hydroxyl groups excluding tert-OH is 1. The van der Waals surface area contributed by atoms with Crippen molar-refractivity contribution < 1.29 is 5.11 Å². The van der Waals surface area contributed by atoms with Gasteiger partial charge in [0.15, 0.2) is 0 Å². The molecular formula is C10H18N2OS. The zero-order valence-corrected chi connectivity index (χ0v) is 9.77. The number of thiazole rings is 1. The van der Waals surface area contributed by atoms with E-state index in [4.69, 9.17) is 5.73 Å². The number of hydrogen-bond donors (Lipinski definition) is 2. The van der Waals surface area contributed by atoms with Gasteiger partial charge < -0.3 is 10.8 Å². The van der Waals surface area contributed by atoms with Gasteiger partial charge in [-0.25, -0.2) is 4.98 Å². The third-order valence-electron chi connectivity index (χ3n) is 2.48. The van der Waals surface area contributed by atoms with Gasteiger partial charge >= 0.3 is 0 Å². The molecule has 1 aromatic rings. The fraction of sp³-hybridized carbons (Fsp3) is 0.700. The Hall–Kier alpha value is -0.450. The van der Waals surface area contributed by atoms with Crippen molar-refractivity contribution in [3.63, 3.8) is 0 Å². The SMILES string of the molecule is CCC(CN)C(O)c1sc(C)nc1C. The molecule has 1 heterocycles. The van der Waals surface area contributed by atoms with Crippen molar-refractivity contribution in [1.82, 2.24) is 4.98 Å². The number of nitrogens with two attached hydrogens (primary N) is 1. The summed E-state index contributed by atoms with van der Waals surface area (Å²) in [5, 5.41) is 11.1. The van der Waals surface area contributed by atoms with E-state index in [1.165, 1.54) is 0 Å². The molecule has 0 saturated heterocycles. The molecule has 1 rings (SSSR count). The molecule has 0 spiro atoms. The van der Waals surface area contributed by atoms with Crippen LogP contribution in [0.2, 0.25) is 0 Å². The Morgan fingerprint density at radius 1 is 1.50 bits per heavy atom. The summed E-state index contributed by atoms with van der Waals surface area (Å²) in [6, 6.07) is 0. The van der Waals surface area contributed by atoms with Gasteiger partial charge in [-0.05, 0) is 26.8 Å². The van der Waals surface area contributed by atoms with E-state index < -0.39 is 6.10 Å². The highest BCUT2D eigenvalue weighted by molar-refractivity contribution is 7.11. The first kappa shape index (κ1) is 11.6. The number of rotatable bonds is 4. The second kappa shape index (κ2) is 4.87. The van der Waals surface area contributed by atoms with E-state index in [1.54, 1.807) is 11.3 Å². The lowest BCUT2D eigenvalue weighted by Gasteiger charge is -2.18. The fourth-order valence-electron chi connectivity index (χ4n) is 1.55. The van der Waals surface area contributed by atoms with E-state index in [0.29, 0.717) is 6.54 Å². The topological polar surface area (TPSA) is 59.1 Å². The molecule has 0 bridgehead atoms. The molecule has 0 saturated carbocycles. The van der Waals surface area contributed by atoms with E-state index in [1.807, 2.05) is 20.8 Å². The Bertz CT molecular complexity index is 294. The zero-order valence-electron chi connectivity index (χ0n) is 8.95. The van der Waals surface area contributed by atoms with E-state index in [9.17, 15) is 5.11 Å². The maximum absolute atomic E-state index is 10.1. The summed E-state index contributed by atoms with van der Waals surface area (Å²) in [5.74, 6) is 0.147. The summed E-state index contributed by atoms with van der Waals surface area (Å²) in [6.07, 6.45) is 0.449. The Morgan fingerprint density at radius 3 is 2.50 bits per heavy atom. The van der Waals surface area contributed by atoms with Crippen LogP contribution < -0.4 is 5.73 Å². The molecule has 14 heavy (non-hydrogen) atoms. The number of aliphatic hydroxyl groups is 1. The van der Waals surface area contributed by atoms with E-state index >= 15 is 0 Å². The molecular weight excluding hydrogens is 196 g/mol. The quantitative estimate of drug-likeness (QED) is 0.803. The molecule has 1 aromatic heterocycles. The highest BCUT2D eigenvalue weighted by Crippen LogP contribution is 2.30. The molecule has 0 fully saturated rings. The second-order valence-electron chi connectivity index (χ2n) is 3.53. The standard InChI is InChI=1S/C10H18N2OS/c1-4-8(5-11)9(13)10-6(2)12-7(3)14-10/h8-9,13H,4-5,11H2,1-3H3. The molecule has 3 nitrogen and oxygen atoms in total. The van der Waals surface area contributed by atoms with Crippen LogP contribution in [-0.2, 0) is 0 Å².